The molecule has 0 N–H and O–H groups in total. The molecule has 0 atom stereocenters. The first-order valence-corrected chi connectivity index (χ1v) is 23.2. The van der Waals surface area contributed by atoms with Crippen molar-refractivity contribution < 1.29 is 50.5 Å². The average Bonchev–Trinajstić information content (AvgIpc) is 1.50. The number of para-hydroxylation sites is 2. The molecule has 0 bridgehead atoms. The average molecular weight is 1140 g/mol. The molecule has 0 radical (unpaired) electrons. The van der Waals surface area contributed by atoms with Gasteiger partial charge in [0.2, 0.25) is 0 Å². The Morgan fingerprint density at radius 2 is 1.18 bits per heavy atom. The molecule has 10 aromatic rings. The van der Waals surface area contributed by atoms with E-state index in [9.17, 15) is 11.0 Å². The van der Waals surface area contributed by atoms with Gasteiger partial charge in [0.1, 0.15) is 5.82 Å². The van der Waals surface area contributed by atoms with E-state index < -0.39 is 107 Å². The van der Waals surface area contributed by atoms with E-state index in [1.54, 1.807) is 39.0 Å². The fourth-order valence-electron chi connectivity index (χ4n) is 8.64. The summed E-state index contributed by atoms with van der Waals surface area (Å²) in [5.41, 5.74) is 2.86. The Labute approximate surface area is 465 Å². The van der Waals surface area contributed by atoms with Crippen molar-refractivity contribution in [3.63, 3.8) is 0 Å². The van der Waals surface area contributed by atoms with E-state index in [2.05, 4.69) is 76.9 Å². The molecule has 0 amide bonds. The van der Waals surface area contributed by atoms with Gasteiger partial charge in [0.05, 0.1) is 21.9 Å². The van der Waals surface area contributed by atoms with Crippen molar-refractivity contribution >= 4 is 44.6 Å². The Hall–Kier alpha value is -7.20. The molecule has 3 heterocycles. The van der Waals surface area contributed by atoms with E-state index in [-0.39, 0.29) is 101 Å². The van der Waals surface area contributed by atoms with Crippen molar-refractivity contribution in [1.82, 2.24) is 9.55 Å². The SMILES string of the molecule is [2H]c1nc(-n2c3[c-]c(Oc4[c-]c(N5[CH-]N(c6c(-c7cccc(C(C)(C)C)c7)cc(C(C)(C)C)cc6-c6c([2H])c([2H])c([2H])c([2H])c6[2H])c6ccccc65)ccc4)c([2H])c([2H])c3c3c([2H])c(-c4c([2H])c([2H])c([2H])c([2H])c4[2H])c([2H])c([2H])c32)c([2H])c(C(C)(C)C)c1[2H].[Pt]. The maximum Gasteiger partial charge on any atom is 0.135 e. The molecule has 0 saturated heterocycles. The summed E-state index contributed by atoms with van der Waals surface area (Å²) in [5.74, 6) is -0.711. The molecule has 0 fully saturated rings. The van der Waals surface area contributed by atoms with E-state index in [4.69, 9.17) is 18.4 Å². The number of ether oxygens (including phenoxy) is 1. The summed E-state index contributed by atoms with van der Waals surface area (Å²) in [6, 6.07) is 21.1. The second-order valence-electron chi connectivity index (χ2n) is 20.5. The van der Waals surface area contributed by atoms with Gasteiger partial charge in [-0.25, -0.2) is 4.98 Å². The topological polar surface area (TPSA) is 33.5 Å². The second kappa shape index (κ2) is 18.8. The smallest absolute Gasteiger partial charge is 0.135 e. The fourth-order valence-corrected chi connectivity index (χ4v) is 8.64. The van der Waals surface area contributed by atoms with Crippen LogP contribution in [0.5, 0.6) is 11.5 Å². The van der Waals surface area contributed by atoms with Crippen LogP contribution in [0.1, 0.15) is 104 Å². The van der Waals surface area contributed by atoms with Gasteiger partial charge in [-0.1, -0.05) is 177 Å². The molecule has 72 heavy (non-hydrogen) atoms. The number of fused-ring (bicyclic) bond motifs is 4. The van der Waals surface area contributed by atoms with Crippen molar-refractivity contribution in [1.29, 1.82) is 0 Å². The van der Waals surface area contributed by atoms with Crippen LogP contribution in [0.25, 0.3) is 61.0 Å². The van der Waals surface area contributed by atoms with Gasteiger partial charge >= 0.3 is 0 Å². The fraction of sp³-hybridized carbons (Fsp3) is 0.182. The summed E-state index contributed by atoms with van der Waals surface area (Å²) >= 11 is 0. The van der Waals surface area contributed by atoms with Crippen LogP contribution in [0, 0.1) is 18.8 Å². The largest absolute Gasteiger partial charge is 0.509 e. The van der Waals surface area contributed by atoms with Crippen LogP contribution in [0.4, 0.5) is 22.7 Å². The van der Waals surface area contributed by atoms with Crippen LogP contribution in [-0.4, -0.2) is 9.55 Å². The number of nitrogens with zero attached hydrogens (tertiary/aromatic N) is 4. The normalized spacial score (nSPS) is 16.3. The van der Waals surface area contributed by atoms with Crippen molar-refractivity contribution in [2.24, 2.45) is 0 Å². The van der Waals surface area contributed by atoms with E-state index in [1.807, 2.05) is 58.9 Å². The third kappa shape index (κ3) is 9.16. The predicted octanol–water partition coefficient (Wildman–Crippen LogP) is 17.9. The number of aromatic nitrogens is 2. The number of pyridine rings is 1. The third-order valence-corrected chi connectivity index (χ3v) is 12.4. The second-order valence-corrected chi connectivity index (χ2v) is 20.5. The van der Waals surface area contributed by atoms with E-state index >= 15 is 0 Å². The van der Waals surface area contributed by atoms with Crippen LogP contribution in [0.15, 0.2) is 188 Å². The number of benzene rings is 8. The van der Waals surface area contributed by atoms with E-state index in [1.165, 1.54) is 4.57 Å². The van der Waals surface area contributed by atoms with Crippen LogP contribution in [-0.2, 0) is 37.3 Å². The van der Waals surface area contributed by atoms with Crippen molar-refractivity contribution in [2.75, 3.05) is 9.80 Å². The van der Waals surface area contributed by atoms with Gasteiger partial charge in [0, 0.05) is 73.8 Å². The molecular formula is C66H59N4OPt-3. The molecule has 1 aliphatic rings. The van der Waals surface area contributed by atoms with Gasteiger partial charge in [-0.3, -0.25) is 0 Å². The number of hydrogen-bond donors (Lipinski definition) is 0. The first-order chi connectivity index (χ1) is 41.6. The molecule has 2 aromatic heterocycles. The molecule has 5 nitrogen and oxygen atoms in total. The van der Waals surface area contributed by atoms with Crippen LogP contribution < -0.4 is 14.5 Å². The van der Waals surface area contributed by atoms with Gasteiger partial charge < -0.3 is 19.1 Å². The Morgan fingerprint density at radius 1 is 0.528 bits per heavy atom. The summed E-state index contributed by atoms with van der Waals surface area (Å²) in [4.78, 5) is 8.14. The van der Waals surface area contributed by atoms with Gasteiger partial charge in [-0.2, -0.15) is 12.1 Å². The molecule has 0 spiro atoms. The summed E-state index contributed by atoms with van der Waals surface area (Å²) in [6.07, 6.45) is -0.557. The molecule has 1 aliphatic heterocycles. The third-order valence-electron chi connectivity index (χ3n) is 12.4. The summed E-state index contributed by atoms with van der Waals surface area (Å²) in [6.45, 7) is 19.5. The van der Waals surface area contributed by atoms with Gasteiger partial charge in [-0.05, 0) is 104 Å². The Morgan fingerprint density at radius 3 is 1.88 bits per heavy atom. The maximum atomic E-state index is 9.75. The molecule has 0 aliphatic carbocycles. The van der Waals surface area contributed by atoms with Crippen molar-refractivity contribution in [3.8, 4) is 50.7 Å². The molecule has 362 valence electrons. The summed E-state index contributed by atoms with van der Waals surface area (Å²) < 4.78 is 171. The van der Waals surface area contributed by atoms with Crippen molar-refractivity contribution in [3.05, 3.63) is 223 Å². The number of rotatable bonds is 8. The van der Waals surface area contributed by atoms with Gasteiger partial charge in [0.25, 0.3) is 0 Å². The standard InChI is InChI=1S/C66H59N4O.Pt/c1-64(2,3)48-25-18-24-47(36-48)56-39-50(66(7,8)9)38-55(45-22-14-11-15-23-45)63(56)69-43-68(59-28-16-17-29-60(59)69)51-26-19-27-52(41-51)71-53-31-32-54-57-37-46(44-20-12-10-13-21-44)30-33-58(57)70(61(54)42-53)62-40-49(34-35-67-62)65(4,5)6;/h10-40,43H,1-9H3;/q-3;/i10D,11D,12D,13D,14D,15D,20D,21D,22D,23D,30D,31D,32D,33D,34D,35D,37D,40D;. The first kappa shape index (κ1) is 31.3. The predicted molar refractivity (Wildman–Crippen MR) is 297 cm³/mol. The monoisotopic (exact) mass is 1140 g/mol. The Balaban J connectivity index is 0.00000891. The molecule has 11 rings (SSSR count). The van der Waals surface area contributed by atoms with Crippen molar-refractivity contribution in [2.45, 2.75) is 78.6 Å². The van der Waals surface area contributed by atoms with Crippen LogP contribution in [0.3, 0.4) is 0 Å². The summed E-state index contributed by atoms with van der Waals surface area (Å²) in [7, 11) is 0. The quantitative estimate of drug-likeness (QED) is 0.142. The van der Waals surface area contributed by atoms with Gasteiger partial charge in [-0.15, -0.1) is 48.1 Å². The number of anilines is 4. The molecule has 8 aromatic carbocycles. The Bertz CT molecular complexity index is 4640. The molecule has 0 unspecified atom stereocenters. The first-order valence-electron chi connectivity index (χ1n) is 32.2. The van der Waals surface area contributed by atoms with Crippen LogP contribution in [0.2, 0.25) is 0 Å². The van der Waals surface area contributed by atoms with Gasteiger partial charge in [0.15, 0.2) is 0 Å². The zero-order valence-electron chi connectivity index (χ0n) is 59.1. The zero-order valence-corrected chi connectivity index (χ0v) is 43.4. The minimum atomic E-state index is -0.929. The van der Waals surface area contributed by atoms with Crippen LogP contribution >= 0.6 is 0 Å². The zero-order chi connectivity index (χ0) is 64.9. The number of hydrogen-bond acceptors (Lipinski definition) is 4. The summed E-state index contributed by atoms with van der Waals surface area (Å²) in [5, 5.41) is -0.508. The van der Waals surface area contributed by atoms with E-state index in [0.29, 0.717) is 33.9 Å². The maximum absolute atomic E-state index is 9.75. The molecular weight excluding hydrogens is 1060 g/mol. The minimum Gasteiger partial charge on any atom is -0.509 e. The molecule has 0 saturated carbocycles. The molecule has 6 heteroatoms. The Kier molecular flexibility index (Phi) is 8.16. The van der Waals surface area contributed by atoms with E-state index in [0.717, 1.165) is 16.7 Å². The minimum absolute atomic E-state index is 0.